The summed E-state index contributed by atoms with van der Waals surface area (Å²) in [6.45, 7) is 1.48. The first-order valence-electron chi connectivity index (χ1n) is 11.2. The van der Waals surface area contributed by atoms with Crippen molar-refractivity contribution in [2.45, 2.75) is 45.1 Å². The third-order valence-electron chi connectivity index (χ3n) is 6.30. The molecule has 31 heavy (non-hydrogen) atoms. The third kappa shape index (κ3) is 5.22. The van der Waals surface area contributed by atoms with Gasteiger partial charge in [-0.2, -0.15) is 0 Å². The summed E-state index contributed by atoms with van der Waals surface area (Å²) in [6.07, 6.45) is 8.92. The summed E-state index contributed by atoms with van der Waals surface area (Å²) in [7, 11) is 3.32. The average molecular weight is 421 g/mol. The van der Waals surface area contributed by atoms with Crippen LogP contribution in [0.4, 0.5) is 0 Å². The average Bonchev–Trinajstić information content (AvgIpc) is 3.15. The summed E-state index contributed by atoms with van der Waals surface area (Å²) in [4.78, 5) is 12.7. The molecule has 3 aromatic rings. The Morgan fingerprint density at radius 2 is 1.74 bits per heavy atom. The van der Waals surface area contributed by atoms with Gasteiger partial charge in [0.25, 0.3) is 0 Å². The van der Waals surface area contributed by atoms with Gasteiger partial charge in [-0.15, -0.1) is 0 Å². The molecule has 1 aliphatic rings. The first kappa shape index (κ1) is 21.3. The van der Waals surface area contributed by atoms with E-state index in [4.69, 9.17) is 9.47 Å². The maximum atomic E-state index is 12.7. The Kier molecular flexibility index (Phi) is 6.80. The van der Waals surface area contributed by atoms with Crippen LogP contribution in [0.25, 0.3) is 10.9 Å². The van der Waals surface area contributed by atoms with E-state index in [2.05, 4.69) is 28.2 Å². The molecule has 1 aliphatic carbocycles. The number of rotatable bonds is 8. The summed E-state index contributed by atoms with van der Waals surface area (Å²) in [5.41, 5.74) is 3.27. The maximum absolute atomic E-state index is 12.7. The van der Waals surface area contributed by atoms with E-state index in [9.17, 15) is 4.79 Å². The lowest BCUT2D eigenvalue weighted by molar-refractivity contribution is -0.120. The molecule has 4 rings (SSSR count). The van der Waals surface area contributed by atoms with Crippen LogP contribution >= 0.6 is 0 Å². The molecule has 5 heteroatoms. The van der Waals surface area contributed by atoms with Crippen molar-refractivity contribution >= 4 is 16.8 Å². The first-order chi connectivity index (χ1) is 15.2. The minimum atomic E-state index is 0.108. The zero-order valence-electron chi connectivity index (χ0n) is 18.5. The molecule has 1 fully saturated rings. The highest BCUT2D eigenvalue weighted by atomic mass is 16.5. The van der Waals surface area contributed by atoms with Gasteiger partial charge < -0.3 is 19.4 Å². The molecule has 0 aliphatic heterocycles. The summed E-state index contributed by atoms with van der Waals surface area (Å²) < 4.78 is 13.0. The molecule has 1 N–H and O–H groups in total. The molecule has 0 saturated heterocycles. The van der Waals surface area contributed by atoms with Crippen molar-refractivity contribution in [3.63, 3.8) is 0 Å². The van der Waals surface area contributed by atoms with E-state index < -0.39 is 0 Å². The Hall–Kier alpha value is -2.95. The van der Waals surface area contributed by atoms with Crippen molar-refractivity contribution in [3.05, 3.63) is 59.8 Å². The Morgan fingerprint density at radius 3 is 2.45 bits per heavy atom. The van der Waals surface area contributed by atoms with Crippen molar-refractivity contribution in [1.29, 1.82) is 0 Å². The molecule has 2 aromatic carbocycles. The number of para-hydroxylation sites is 1. The molecule has 1 aromatic heterocycles. The van der Waals surface area contributed by atoms with Gasteiger partial charge in [-0.05, 0) is 48.1 Å². The molecule has 0 unspecified atom stereocenters. The van der Waals surface area contributed by atoms with Crippen molar-refractivity contribution in [2.24, 2.45) is 5.92 Å². The van der Waals surface area contributed by atoms with E-state index in [1.54, 1.807) is 14.2 Å². The monoisotopic (exact) mass is 420 g/mol. The van der Waals surface area contributed by atoms with E-state index in [1.807, 2.05) is 30.3 Å². The number of methoxy groups -OCH3 is 2. The van der Waals surface area contributed by atoms with Crippen LogP contribution < -0.4 is 14.8 Å². The Bertz CT molecular complexity index is 1010. The van der Waals surface area contributed by atoms with Crippen molar-refractivity contribution in [3.8, 4) is 11.5 Å². The smallest absolute Gasteiger partial charge is 0.224 e. The lowest BCUT2D eigenvalue weighted by atomic mass is 9.89. The van der Waals surface area contributed by atoms with Gasteiger partial charge in [0.1, 0.15) is 11.5 Å². The van der Waals surface area contributed by atoms with Crippen molar-refractivity contribution < 1.29 is 14.3 Å². The number of amides is 1. The fourth-order valence-corrected chi connectivity index (χ4v) is 4.63. The Morgan fingerprint density at radius 1 is 1.03 bits per heavy atom. The zero-order valence-corrected chi connectivity index (χ0v) is 18.5. The van der Waals surface area contributed by atoms with Crippen LogP contribution in [-0.4, -0.2) is 31.2 Å². The number of carbonyl (C=O) groups excluding carboxylic acids is 1. The fourth-order valence-electron chi connectivity index (χ4n) is 4.63. The SMILES string of the molecule is COc1cc(Cn2cc(CC(=O)NCC3CCCCC3)c3ccccc32)cc(OC)c1. The highest BCUT2D eigenvalue weighted by molar-refractivity contribution is 5.89. The standard InChI is InChI=1S/C26H32N2O3/c1-30-22-12-20(13-23(15-22)31-2)17-28-18-21(24-10-6-7-11-25(24)28)14-26(29)27-16-19-8-4-3-5-9-19/h6-7,10-13,15,18-19H,3-5,8-9,14,16-17H2,1-2H3,(H,27,29). The number of ether oxygens (including phenoxy) is 2. The second-order valence-corrected chi connectivity index (χ2v) is 8.51. The molecule has 5 nitrogen and oxygen atoms in total. The highest BCUT2D eigenvalue weighted by Crippen LogP contribution is 2.27. The van der Waals surface area contributed by atoms with Gasteiger partial charge in [-0.3, -0.25) is 4.79 Å². The summed E-state index contributed by atoms with van der Waals surface area (Å²) >= 11 is 0. The minimum absolute atomic E-state index is 0.108. The molecule has 164 valence electrons. The Balaban J connectivity index is 1.51. The van der Waals surface area contributed by atoms with Crippen LogP contribution in [0, 0.1) is 5.92 Å². The van der Waals surface area contributed by atoms with Crippen molar-refractivity contribution in [2.75, 3.05) is 20.8 Å². The number of hydrogen-bond acceptors (Lipinski definition) is 3. The number of benzene rings is 2. The lowest BCUT2D eigenvalue weighted by Crippen LogP contribution is -2.31. The van der Waals surface area contributed by atoms with E-state index in [1.165, 1.54) is 32.1 Å². The van der Waals surface area contributed by atoms with Crippen LogP contribution in [0.5, 0.6) is 11.5 Å². The molecule has 0 bridgehead atoms. The molecular formula is C26H32N2O3. The maximum Gasteiger partial charge on any atom is 0.224 e. The molecule has 0 radical (unpaired) electrons. The topological polar surface area (TPSA) is 52.5 Å². The van der Waals surface area contributed by atoms with Gasteiger partial charge in [0, 0.05) is 36.3 Å². The molecule has 0 atom stereocenters. The second kappa shape index (κ2) is 9.90. The summed E-state index contributed by atoms with van der Waals surface area (Å²) in [5, 5.41) is 4.30. The lowest BCUT2D eigenvalue weighted by Gasteiger charge is -2.21. The predicted octanol–water partition coefficient (Wildman–Crippen LogP) is 4.95. The Labute approximate surface area is 184 Å². The fraction of sp³-hybridized carbons (Fsp3) is 0.423. The molecule has 1 heterocycles. The van der Waals surface area contributed by atoms with Crippen LogP contribution in [0.15, 0.2) is 48.7 Å². The van der Waals surface area contributed by atoms with E-state index in [-0.39, 0.29) is 5.91 Å². The number of carbonyl (C=O) groups is 1. The van der Waals surface area contributed by atoms with Crippen LogP contribution in [0.1, 0.15) is 43.2 Å². The zero-order chi connectivity index (χ0) is 21.6. The summed E-state index contributed by atoms with van der Waals surface area (Å²) in [5.74, 6) is 2.29. The van der Waals surface area contributed by atoms with Gasteiger partial charge in [-0.1, -0.05) is 37.5 Å². The largest absolute Gasteiger partial charge is 0.497 e. The first-order valence-corrected chi connectivity index (χ1v) is 11.2. The van der Waals surface area contributed by atoms with Crippen LogP contribution in [0.2, 0.25) is 0 Å². The van der Waals surface area contributed by atoms with Gasteiger partial charge in [0.05, 0.1) is 20.6 Å². The number of fused-ring (bicyclic) bond motifs is 1. The number of hydrogen-bond donors (Lipinski definition) is 1. The quantitative estimate of drug-likeness (QED) is 0.561. The molecule has 0 spiro atoms. The van der Waals surface area contributed by atoms with Gasteiger partial charge in [0.2, 0.25) is 5.91 Å². The second-order valence-electron chi connectivity index (χ2n) is 8.51. The van der Waals surface area contributed by atoms with Crippen molar-refractivity contribution in [1.82, 2.24) is 9.88 Å². The molecular weight excluding hydrogens is 388 g/mol. The predicted molar refractivity (Wildman–Crippen MR) is 124 cm³/mol. The summed E-state index contributed by atoms with van der Waals surface area (Å²) in [6, 6.07) is 14.2. The van der Waals surface area contributed by atoms with Crippen LogP contribution in [-0.2, 0) is 17.8 Å². The van der Waals surface area contributed by atoms with E-state index >= 15 is 0 Å². The van der Waals surface area contributed by atoms with Crippen LogP contribution in [0.3, 0.4) is 0 Å². The van der Waals surface area contributed by atoms with Gasteiger partial charge >= 0.3 is 0 Å². The minimum Gasteiger partial charge on any atom is -0.497 e. The number of nitrogens with one attached hydrogen (secondary N) is 1. The van der Waals surface area contributed by atoms with Gasteiger partial charge in [-0.25, -0.2) is 0 Å². The molecule has 1 amide bonds. The highest BCUT2D eigenvalue weighted by Gasteiger charge is 2.16. The number of nitrogens with zero attached hydrogens (tertiary/aromatic N) is 1. The normalized spacial score (nSPS) is 14.5. The third-order valence-corrected chi connectivity index (χ3v) is 6.30. The number of aromatic nitrogens is 1. The van der Waals surface area contributed by atoms with E-state index in [0.717, 1.165) is 40.1 Å². The van der Waals surface area contributed by atoms with E-state index in [0.29, 0.717) is 18.9 Å². The molecule has 1 saturated carbocycles. The van der Waals surface area contributed by atoms with Gasteiger partial charge in [0.15, 0.2) is 0 Å².